The van der Waals surface area contributed by atoms with Crippen LogP contribution < -0.4 is 15.4 Å². The normalized spacial score (nSPS) is 10.2. The number of hydrogen-bond donors (Lipinski definition) is 2. The number of rotatable bonds is 5. The molecule has 9 nitrogen and oxygen atoms in total. The maximum atomic E-state index is 12.0. The lowest BCUT2D eigenvalue weighted by Gasteiger charge is -2.10. The molecule has 132 valence electrons. The van der Waals surface area contributed by atoms with Crippen LogP contribution in [0.15, 0.2) is 54.6 Å². The van der Waals surface area contributed by atoms with Crippen LogP contribution in [-0.2, 0) is 11.3 Å². The number of tetrazole rings is 1. The molecule has 0 saturated carbocycles. The molecular weight excluding hydrogens is 336 g/mol. The molecule has 0 aliphatic carbocycles. The molecule has 2 aromatic carbocycles. The van der Waals surface area contributed by atoms with Crippen molar-refractivity contribution in [1.82, 2.24) is 25.5 Å². The lowest BCUT2D eigenvalue weighted by atomic mass is 10.2. The molecule has 0 aliphatic rings. The monoisotopic (exact) mass is 352 g/mol. The van der Waals surface area contributed by atoms with Gasteiger partial charge in [0, 0.05) is 5.56 Å². The van der Waals surface area contributed by atoms with Crippen molar-refractivity contribution < 1.29 is 14.3 Å². The summed E-state index contributed by atoms with van der Waals surface area (Å²) in [6.45, 7) is -0.237. The van der Waals surface area contributed by atoms with Crippen LogP contribution in [0.5, 0.6) is 5.75 Å². The van der Waals surface area contributed by atoms with Gasteiger partial charge >= 0.3 is 6.03 Å². The number of urea groups is 1. The molecule has 0 spiro atoms. The summed E-state index contributed by atoms with van der Waals surface area (Å²) in [5.74, 6) is 0.312. The standard InChI is InChI=1S/C17H16N6O3/c1-26-14-10-6-5-9-13(14)18-17(25)19-15(24)11-23-21-16(20-22-23)12-7-3-2-4-8-12/h2-10H,11H2,1H3,(H2,18,19,24,25). The molecule has 0 saturated heterocycles. The van der Waals surface area contributed by atoms with Crippen molar-refractivity contribution in [2.24, 2.45) is 0 Å². The second-order valence-electron chi connectivity index (χ2n) is 5.21. The van der Waals surface area contributed by atoms with Crippen molar-refractivity contribution in [3.8, 4) is 17.1 Å². The van der Waals surface area contributed by atoms with Crippen LogP contribution in [-0.4, -0.2) is 39.3 Å². The van der Waals surface area contributed by atoms with Crippen LogP contribution in [0.1, 0.15) is 0 Å². The van der Waals surface area contributed by atoms with Crippen LogP contribution in [0.3, 0.4) is 0 Å². The number of ether oxygens (including phenoxy) is 1. The molecule has 0 aliphatic heterocycles. The van der Waals surface area contributed by atoms with E-state index in [4.69, 9.17) is 4.74 Å². The smallest absolute Gasteiger partial charge is 0.326 e. The number of imide groups is 1. The van der Waals surface area contributed by atoms with Gasteiger partial charge in [0.1, 0.15) is 12.3 Å². The van der Waals surface area contributed by atoms with Crippen LogP contribution in [0.25, 0.3) is 11.4 Å². The van der Waals surface area contributed by atoms with E-state index in [9.17, 15) is 9.59 Å². The van der Waals surface area contributed by atoms with E-state index >= 15 is 0 Å². The predicted molar refractivity (Wildman–Crippen MR) is 93.4 cm³/mol. The van der Waals surface area contributed by atoms with Crippen LogP contribution in [0, 0.1) is 0 Å². The Labute approximate surface area is 149 Å². The van der Waals surface area contributed by atoms with E-state index in [1.54, 1.807) is 24.3 Å². The molecule has 1 heterocycles. The summed E-state index contributed by atoms with van der Waals surface area (Å²) in [6.07, 6.45) is 0. The first-order valence-corrected chi connectivity index (χ1v) is 7.73. The van der Waals surface area contributed by atoms with Gasteiger partial charge in [-0.2, -0.15) is 4.80 Å². The highest BCUT2D eigenvalue weighted by molar-refractivity contribution is 6.01. The molecule has 1 aromatic heterocycles. The Morgan fingerprint density at radius 2 is 1.81 bits per heavy atom. The Bertz CT molecular complexity index is 910. The zero-order valence-corrected chi connectivity index (χ0v) is 13.9. The van der Waals surface area contributed by atoms with E-state index in [1.807, 2.05) is 30.3 Å². The minimum atomic E-state index is -0.678. The molecule has 0 radical (unpaired) electrons. The molecule has 9 heteroatoms. The quantitative estimate of drug-likeness (QED) is 0.723. The minimum Gasteiger partial charge on any atom is -0.495 e. The fourth-order valence-electron chi connectivity index (χ4n) is 2.21. The Balaban J connectivity index is 1.57. The fourth-order valence-corrected chi connectivity index (χ4v) is 2.21. The molecule has 26 heavy (non-hydrogen) atoms. The SMILES string of the molecule is COc1ccccc1NC(=O)NC(=O)Cn1nnc(-c2ccccc2)n1. The molecular formula is C17H16N6O3. The van der Waals surface area contributed by atoms with Gasteiger partial charge in [-0.3, -0.25) is 10.1 Å². The maximum Gasteiger partial charge on any atom is 0.326 e. The van der Waals surface area contributed by atoms with Gasteiger partial charge in [-0.15, -0.1) is 10.2 Å². The van der Waals surface area contributed by atoms with E-state index in [0.29, 0.717) is 17.3 Å². The van der Waals surface area contributed by atoms with Gasteiger partial charge in [0.2, 0.25) is 5.82 Å². The maximum absolute atomic E-state index is 12.0. The topological polar surface area (TPSA) is 111 Å². The third kappa shape index (κ3) is 4.20. The van der Waals surface area contributed by atoms with Crippen molar-refractivity contribution in [3.05, 3.63) is 54.6 Å². The van der Waals surface area contributed by atoms with Gasteiger partial charge in [-0.05, 0) is 17.3 Å². The fraction of sp³-hybridized carbons (Fsp3) is 0.118. The first-order valence-electron chi connectivity index (χ1n) is 7.73. The summed E-state index contributed by atoms with van der Waals surface area (Å²) in [7, 11) is 1.49. The number of hydrogen-bond acceptors (Lipinski definition) is 6. The van der Waals surface area contributed by atoms with Crippen molar-refractivity contribution in [1.29, 1.82) is 0 Å². The van der Waals surface area contributed by atoms with Gasteiger partial charge in [0.25, 0.3) is 5.91 Å². The lowest BCUT2D eigenvalue weighted by molar-refractivity contribution is -0.120. The Morgan fingerprint density at radius 3 is 2.58 bits per heavy atom. The van der Waals surface area contributed by atoms with Crippen molar-refractivity contribution in [3.63, 3.8) is 0 Å². The van der Waals surface area contributed by atoms with Gasteiger partial charge in [-0.1, -0.05) is 42.5 Å². The number of aromatic nitrogens is 4. The first kappa shape index (κ1) is 17.1. The highest BCUT2D eigenvalue weighted by Gasteiger charge is 2.13. The summed E-state index contributed by atoms with van der Waals surface area (Å²) >= 11 is 0. The second kappa shape index (κ2) is 7.88. The minimum absolute atomic E-state index is 0.237. The molecule has 0 fully saturated rings. The van der Waals surface area contributed by atoms with Gasteiger partial charge in [0.05, 0.1) is 12.8 Å². The average molecular weight is 352 g/mol. The summed E-state index contributed by atoms with van der Waals surface area (Å²) in [4.78, 5) is 25.0. The highest BCUT2D eigenvalue weighted by atomic mass is 16.5. The first-order chi connectivity index (χ1) is 12.7. The van der Waals surface area contributed by atoms with Gasteiger partial charge in [-0.25, -0.2) is 4.79 Å². The molecule has 3 amide bonds. The van der Waals surface area contributed by atoms with Crippen LogP contribution >= 0.6 is 0 Å². The number of nitrogens with zero attached hydrogens (tertiary/aromatic N) is 4. The van der Waals surface area contributed by atoms with Crippen LogP contribution in [0.4, 0.5) is 10.5 Å². The molecule has 2 N–H and O–H groups in total. The van der Waals surface area contributed by atoms with E-state index < -0.39 is 11.9 Å². The van der Waals surface area contributed by atoms with E-state index in [2.05, 4.69) is 26.0 Å². The third-order valence-corrected chi connectivity index (χ3v) is 3.38. The summed E-state index contributed by atoms with van der Waals surface area (Å²) in [5.41, 5.74) is 1.23. The largest absolute Gasteiger partial charge is 0.495 e. The zero-order valence-electron chi connectivity index (χ0n) is 13.9. The molecule has 3 aromatic rings. The van der Waals surface area contributed by atoms with Gasteiger partial charge in [0.15, 0.2) is 0 Å². The zero-order chi connectivity index (χ0) is 18.4. The van der Waals surface area contributed by atoms with E-state index in [-0.39, 0.29) is 6.54 Å². The molecule has 3 rings (SSSR count). The number of nitrogens with one attached hydrogen (secondary N) is 2. The number of benzene rings is 2. The van der Waals surface area contributed by atoms with Crippen molar-refractivity contribution in [2.45, 2.75) is 6.54 Å². The molecule has 0 bridgehead atoms. The third-order valence-electron chi connectivity index (χ3n) is 3.38. The second-order valence-corrected chi connectivity index (χ2v) is 5.21. The van der Waals surface area contributed by atoms with Crippen molar-refractivity contribution in [2.75, 3.05) is 12.4 Å². The molecule has 0 unspecified atom stereocenters. The Morgan fingerprint density at radius 1 is 1.08 bits per heavy atom. The van der Waals surface area contributed by atoms with E-state index in [0.717, 1.165) is 10.4 Å². The lowest BCUT2D eigenvalue weighted by Crippen LogP contribution is -2.37. The van der Waals surface area contributed by atoms with Gasteiger partial charge < -0.3 is 10.1 Å². The number of anilines is 1. The highest BCUT2D eigenvalue weighted by Crippen LogP contribution is 2.22. The van der Waals surface area contributed by atoms with E-state index in [1.165, 1.54) is 7.11 Å². The van der Waals surface area contributed by atoms with Crippen molar-refractivity contribution >= 4 is 17.6 Å². The Kier molecular flexibility index (Phi) is 5.18. The summed E-state index contributed by atoms with van der Waals surface area (Å²) < 4.78 is 5.13. The summed E-state index contributed by atoms with van der Waals surface area (Å²) in [5, 5.41) is 16.6. The number of carbonyl (C=O) groups is 2. The molecule has 0 atom stereocenters. The number of para-hydroxylation sites is 2. The Hall–Kier alpha value is -3.75. The van der Waals surface area contributed by atoms with Crippen LogP contribution in [0.2, 0.25) is 0 Å². The predicted octanol–water partition coefficient (Wildman–Crippen LogP) is 1.70. The number of carbonyl (C=O) groups excluding carboxylic acids is 2. The summed E-state index contributed by atoms with van der Waals surface area (Å²) in [6, 6.07) is 15.4. The number of amides is 3. The average Bonchev–Trinajstić information content (AvgIpc) is 3.11. The number of methoxy groups -OCH3 is 1.